The lowest BCUT2D eigenvalue weighted by Gasteiger charge is -2.08. The average Bonchev–Trinajstić information content (AvgIpc) is 2.95. The van der Waals surface area contributed by atoms with E-state index in [9.17, 15) is 13.6 Å². The Labute approximate surface area is 121 Å². The topological polar surface area (TPSA) is 59.0 Å². The molecule has 112 valence electrons. The van der Waals surface area contributed by atoms with Crippen LogP contribution in [0.5, 0.6) is 0 Å². The van der Waals surface area contributed by atoms with Crippen molar-refractivity contribution in [1.82, 2.24) is 20.2 Å². The monoisotopic (exact) mass is 294 g/mol. The number of hydrogen-bond donors (Lipinski definition) is 2. The van der Waals surface area contributed by atoms with Gasteiger partial charge in [-0.3, -0.25) is 9.36 Å². The molecule has 0 radical (unpaired) electrons. The highest BCUT2D eigenvalue weighted by Gasteiger charge is 2.11. The highest BCUT2D eigenvalue weighted by Crippen LogP contribution is 2.11. The number of halogens is 2. The fourth-order valence-electron chi connectivity index (χ4n) is 1.81. The predicted molar refractivity (Wildman–Crippen MR) is 73.5 cm³/mol. The van der Waals surface area contributed by atoms with E-state index < -0.39 is 6.55 Å². The lowest BCUT2D eigenvalue weighted by Crippen LogP contribution is -2.33. The molecule has 7 heteroatoms. The lowest BCUT2D eigenvalue weighted by molar-refractivity contribution is -0.120. The Hall–Kier alpha value is -2.28. The van der Waals surface area contributed by atoms with Gasteiger partial charge in [-0.1, -0.05) is 30.3 Å². The van der Waals surface area contributed by atoms with E-state index in [4.69, 9.17) is 0 Å². The smallest absolute Gasteiger partial charge is 0.319 e. The largest absolute Gasteiger partial charge is 0.351 e. The number of hydrogen-bond acceptors (Lipinski definition) is 3. The first-order valence-electron chi connectivity index (χ1n) is 6.48. The van der Waals surface area contributed by atoms with Crippen molar-refractivity contribution in [3.8, 4) is 0 Å². The molecule has 1 aromatic heterocycles. The molecule has 0 bridgehead atoms. The number of rotatable bonds is 7. The number of carbonyl (C=O) groups excluding carboxylic acids is 1. The zero-order chi connectivity index (χ0) is 15.1. The molecule has 0 aliphatic carbocycles. The van der Waals surface area contributed by atoms with E-state index >= 15 is 0 Å². The Morgan fingerprint density at radius 1 is 1.24 bits per heavy atom. The number of nitrogens with one attached hydrogen (secondary N) is 2. The first-order chi connectivity index (χ1) is 10.2. The molecule has 2 aromatic rings. The van der Waals surface area contributed by atoms with Crippen LogP contribution in [0.1, 0.15) is 17.9 Å². The third-order valence-corrected chi connectivity index (χ3v) is 2.86. The minimum Gasteiger partial charge on any atom is -0.351 e. The summed E-state index contributed by atoms with van der Waals surface area (Å²) in [7, 11) is 0. The van der Waals surface area contributed by atoms with E-state index in [1.165, 1.54) is 12.4 Å². The summed E-state index contributed by atoms with van der Waals surface area (Å²) in [6.07, 6.45) is 2.51. The lowest BCUT2D eigenvalue weighted by atomic mass is 10.2. The van der Waals surface area contributed by atoms with E-state index in [2.05, 4.69) is 15.6 Å². The standard InChI is InChI=1S/C14H16F2N4O/c15-14(16)20-7-6-18-12(20)9-17-10-13(21)19-8-11-4-2-1-3-5-11/h1-7,14,17H,8-10H2,(H,19,21). The van der Waals surface area contributed by atoms with Gasteiger partial charge in [-0.15, -0.1) is 0 Å². The van der Waals surface area contributed by atoms with Crippen LogP contribution in [0.15, 0.2) is 42.7 Å². The van der Waals surface area contributed by atoms with Crippen molar-refractivity contribution in [2.75, 3.05) is 6.54 Å². The normalized spacial score (nSPS) is 10.8. The average molecular weight is 294 g/mol. The molecule has 0 saturated carbocycles. The van der Waals surface area contributed by atoms with Crippen LogP contribution in [0.25, 0.3) is 0 Å². The molecular formula is C14H16F2N4O. The van der Waals surface area contributed by atoms with Crippen LogP contribution in [-0.2, 0) is 17.9 Å². The van der Waals surface area contributed by atoms with Gasteiger partial charge in [0.05, 0.1) is 13.1 Å². The Morgan fingerprint density at radius 3 is 2.71 bits per heavy atom. The molecule has 0 spiro atoms. The van der Waals surface area contributed by atoms with Crippen molar-refractivity contribution in [1.29, 1.82) is 0 Å². The molecule has 0 atom stereocenters. The molecule has 5 nitrogen and oxygen atoms in total. The number of imidazole rings is 1. The van der Waals surface area contributed by atoms with Crippen LogP contribution in [0.4, 0.5) is 8.78 Å². The van der Waals surface area contributed by atoms with Gasteiger partial charge in [-0.05, 0) is 5.56 Å². The number of amides is 1. The third-order valence-electron chi connectivity index (χ3n) is 2.86. The van der Waals surface area contributed by atoms with Crippen molar-refractivity contribution in [2.45, 2.75) is 19.6 Å². The number of aromatic nitrogens is 2. The molecule has 0 aliphatic heterocycles. The quantitative estimate of drug-likeness (QED) is 0.817. The molecule has 2 rings (SSSR count). The van der Waals surface area contributed by atoms with Gasteiger partial charge in [-0.25, -0.2) is 4.98 Å². The summed E-state index contributed by atoms with van der Waals surface area (Å²) in [5.74, 6) is -0.00475. The van der Waals surface area contributed by atoms with Crippen molar-refractivity contribution in [2.24, 2.45) is 0 Å². The van der Waals surface area contributed by atoms with Gasteiger partial charge in [0.15, 0.2) is 0 Å². The molecule has 0 aliphatic rings. The molecule has 1 amide bonds. The fourth-order valence-corrected chi connectivity index (χ4v) is 1.81. The Kier molecular flexibility index (Phi) is 5.39. The number of nitrogens with zero attached hydrogens (tertiary/aromatic N) is 2. The zero-order valence-corrected chi connectivity index (χ0v) is 11.3. The second-order valence-electron chi connectivity index (χ2n) is 4.39. The van der Waals surface area contributed by atoms with Crippen LogP contribution in [-0.4, -0.2) is 22.0 Å². The van der Waals surface area contributed by atoms with Crippen molar-refractivity contribution in [3.05, 3.63) is 54.1 Å². The summed E-state index contributed by atoms with van der Waals surface area (Å²) < 4.78 is 25.9. The zero-order valence-electron chi connectivity index (χ0n) is 11.3. The molecule has 21 heavy (non-hydrogen) atoms. The molecule has 2 N–H and O–H groups in total. The van der Waals surface area contributed by atoms with Gasteiger partial charge in [-0.2, -0.15) is 8.78 Å². The van der Waals surface area contributed by atoms with E-state index in [1.54, 1.807) is 0 Å². The van der Waals surface area contributed by atoms with Crippen LogP contribution < -0.4 is 10.6 Å². The summed E-state index contributed by atoms with van der Waals surface area (Å²) in [5, 5.41) is 5.53. The van der Waals surface area contributed by atoms with E-state index in [0.29, 0.717) is 6.54 Å². The van der Waals surface area contributed by atoms with Crippen molar-refractivity contribution < 1.29 is 13.6 Å². The van der Waals surface area contributed by atoms with E-state index in [1.807, 2.05) is 30.3 Å². The first kappa shape index (κ1) is 15.1. The van der Waals surface area contributed by atoms with Gasteiger partial charge in [0.2, 0.25) is 5.91 Å². The molecule has 0 saturated heterocycles. The second-order valence-corrected chi connectivity index (χ2v) is 4.39. The number of benzene rings is 1. The van der Waals surface area contributed by atoms with E-state index in [-0.39, 0.29) is 24.8 Å². The molecule has 1 heterocycles. The minimum absolute atomic E-state index is 0.0446. The van der Waals surface area contributed by atoms with Gasteiger partial charge < -0.3 is 10.6 Å². The third kappa shape index (κ3) is 4.64. The van der Waals surface area contributed by atoms with Crippen LogP contribution in [0.2, 0.25) is 0 Å². The van der Waals surface area contributed by atoms with Gasteiger partial charge in [0, 0.05) is 18.9 Å². The minimum atomic E-state index is -2.63. The summed E-state index contributed by atoms with van der Waals surface area (Å²) in [6.45, 7) is -2.04. The number of alkyl halides is 2. The van der Waals surface area contributed by atoms with E-state index in [0.717, 1.165) is 10.1 Å². The molecule has 0 fully saturated rings. The first-order valence-corrected chi connectivity index (χ1v) is 6.48. The summed E-state index contributed by atoms with van der Waals surface area (Å²) >= 11 is 0. The Balaban J connectivity index is 1.71. The maximum atomic E-state index is 12.6. The molecular weight excluding hydrogens is 278 g/mol. The fraction of sp³-hybridized carbons (Fsp3) is 0.286. The highest BCUT2D eigenvalue weighted by molar-refractivity contribution is 5.77. The molecule has 1 aromatic carbocycles. The van der Waals surface area contributed by atoms with Crippen LogP contribution in [0, 0.1) is 0 Å². The second kappa shape index (κ2) is 7.49. The maximum Gasteiger partial charge on any atom is 0.319 e. The summed E-state index contributed by atoms with van der Waals surface area (Å²) in [5.41, 5.74) is 0.999. The summed E-state index contributed by atoms with van der Waals surface area (Å²) in [4.78, 5) is 15.4. The number of carbonyl (C=O) groups is 1. The molecule has 0 unspecified atom stereocenters. The van der Waals surface area contributed by atoms with Gasteiger partial charge >= 0.3 is 6.55 Å². The highest BCUT2D eigenvalue weighted by atomic mass is 19.3. The SMILES string of the molecule is O=C(CNCc1nccn1C(F)F)NCc1ccccc1. The maximum absolute atomic E-state index is 12.6. The van der Waals surface area contributed by atoms with Crippen molar-refractivity contribution >= 4 is 5.91 Å². The Morgan fingerprint density at radius 2 is 2.00 bits per heavy atom. The predicted octanol–water partition coefficient (Wildman–Crippen LogP) is 1.68. The van der Waals surface area contributed by atoms with Crippen LogP contribution in [0.3, 0.4) is 0 Å². The van der Waals surface area contributed by atoms with Gasteiger partial charge in [0.1, 0.15) is 5.82 Å². The Bertz CT molecular complexity index is 571. The van der Waals surface area contributed by atoms with Gasteiger partial charge in [0.25, 0.3) is 0 Å². The summed E-state index contributed by atoms with van der Waals surface area (Å²) in [6, 6.07) is 9.51. The van der Waals surface area contributed by atoms with Crippen molar-refractivity contribution in [3.63, 3.8) is 0 Å². The van der Waals surface area contributed by atoms with Crippen LogP contribution >= 0.6 is 0 Å².